The molecule has 0 fully saturated rings. The maximum absolute atomic E-state index is 12.0. The Kier molecular flexibility index (Phi) is 4.06. The van der Waals surface area contributed by atoms with E-state index in [1.807, 2.05) is 49.4 Å². The number of nitrogens with zero attached hydrogens (tertiary/aromatic N) is 1. The van der Waals surface area contributed by atoms with Gasteiger partial charge >= 0.3 is 0 Å². The van der Waals surface area contributed by atoms with Crippen molar-refractivity contribution < 1.29 is 9.90 Å². The van der Waals surface area contributed by atoms with Crippen LogP contribution in [0.5, 0.6) is 5.75 Å². The number of aryl methyl sites for hydroxylation is 1. The first-order chi connectivity index (χ1) is 11.1. The van der Waals surface area contributed by atoms with E-state index < -0.39 is 0 Å². The van der Waals surface area contributed by atoms with Crippen LogP contribution in [-0.2, 0) is 0 Å². The highest BCUT2D eigenvalue weighted by Crippen LogP contribution is 2.25. The predicted molar refractivity (Wildman–Crippen MR) is 91.9 cm³/mol. The van der Waals surface area contributed by atoms with Crippen molar-refractivity contribution in [3.05, 3.63) is 77.4 Å². The summed E-state index contributed by atoms with van der Waals surface area (Å²) in [6.07, 6.45) is 1.46. The predicted octanol–water partition coefficient (Wildman–Crippen LogP) is 3.62. The number of hydrogen-bond acceptors (Lipinski definition) is 3. The lowest BCUT2D eigenvalue weighted by molar-refractivity contribution is 0.0955. The van der Waals surface area contributed by atoms with Gasteiger partial charge in [0, 0.05) is 11.1 Å². The molecule has 0 aliphatic carbocycles. The van der Waals surface area contributed by atoms with Gasteiger partial charge in [0.1, 0.15) is 5.75 Å². The molecule has 0 aromatic heterocycles. The Morgan fingerprint density at radius 3 is 2.74 bits per heavy atom. The van der Waals surface area contributed by atoms with Crippen LogP contribution >= 0.6 is 0 Å². The van der Waals surface area contributed by atoms with Crippen LogP contribution in [0.2, 0.25) is 0 Å². The number of hydrogen-bond donors (Lipinski definition) is 2. The van der Waals surface area contributed by atoms with E-state index in [2.05, 4.69) is 10.5 Å². The number of amides is 1. The van der Waals surface area contributed by atoms with Crippen LogP contribution in [-0.4, -0.2) is 17.2 Å². The Morgan fingerprint density at radius 2 is 1.91 bits per heavy atom. The minimum atomic E-state index is -0.287. The minimum absolute atomic E-state index is 0.122. The van der Waals surface area contributed by atoms with Gasteiger partial charge in [0.05, 0.1) is 6.21 Å². The van der Waals surface area contributed by atoms with Gasteiger partial charge < -0.3 is 5.11 Å². The molecule has 4 nitrogen and oxygen atoms in total. The topological polar surface area (TPSA) is 61.7 Å². The van der Waals surface area contributed by atoms with Gasteiger partial charge in [0.15, 0.2) is 0 Å². The van der Waals surface area contributed by atoms with Crippen LogP contribution in [0, 0.1) is 6.92 Å². The van der Waals surface area contributed by atoms with Crippen molar-refractivity contribution in [1.82, 2.24) is 5.43 Å². The molecule has 0 saturated heterocycles. The maximum Gasteiger partial charge on any atom is 0.271 e. The lowest BCUT2D eigenvalue weighted by Crippen LogP contribution is -2.17. The molecule has 2 N–H and O–H groups in total. The third-order valence-electron chi connectivity index (χ3n) is 3.59. The summed E-state index contributed by atoms with van der Waals surface area (Å²) in [5, 5.41) is 15.9. The summed E-state index contributed by atoms with van der Waals surface area (Å²) < 4.78 is 0. The van der Waals surface area contributed by atoms with E-state index in [9.17, 15) is 9.90 Å². The number of carbonyl (C=O) groups is 1. The molecule has 0 bridgehead atoms. The molecule has 0 saturated carbocycles. The summed E-state index contributed by atoms with van der Waals surface area (Å²) in [6.45, 7) is 1.92. The Morgan fingerprint density at radius 1 is 1.09 bits per heavy atom. The highest BCUT2D eigenvalue weighted by atomic mass is 16.3. The van der Waals surface area contributed by atoms with Gasteiger partial charge in [-0.2, -0.15) is 5.10 Å². The van der Waals surface area contributed by atoms with E-state index in [0.717, 1.165) is 16.3 Å². The highest BCUT2D eigenvalue weighted by molar-refractivity contribution is 6.03. The second kappa shape index (κ2) is 6.32. The zero-order valence-corrected chi connectivity index (χ0v) is 12.7. The van der Waals surface area contributed by atoms with Gasteiger partial charge in [0.2, 0.25) is 0 Å². The summed E-state index contributed by atoms with van der Waals surface area (Å²) in [4.78, 5) is 12.0. The fourth-order valence-electron chi connectivity index (χ4n) is 2.43. The molecule has 4 heteroatoms. The standard InChI is InChI=1S/C19H16N2O2/c1-13-5-4-7-15(11-13)19(23)21-20-12-17-16-8-3-2-6-14(16)9-10-18(17)22/h2-12,22H,1H3,(H,21,23). The van der Waals surface area contributed by atoms with Crippen molar-refractivity contribution in [3.8, 4) is 5.75 Å². The molecular weight excluding hydrogens is 288 g/mol. The summed E-state index contributed by atoms with van der Waals surface area (Å²) in [7, 11) is 0. The van der Waals surface area contributed by atoms with Gasteiger partial charge in [-0.1, -0.05) is 48.0 Å². The van der Waals surface area contributed by atoms with Gasteiger partial charge in [-0.15, -0.1) is 0 Å². The number of phenols is 1. The number of carbonyl (C=O) groups excluding carboxylic acids is 1. The number of aromatic hydroxyl groups is 1. The molecular formula is C19H16N2O2. The molecule has 0 aliphatic heterocycles. The van der Waals surface area contributed by atoms with Crippen LogP contribution in [0.25, 0.3) is 10.8 Å². The molecule has 0 radical (unpaired) electrons. The molecule has 0 aliphatic rings. The van der Waals surface area contributed by atoms with E-state index >= 15 is 0 Å². The first-order valence-corrected chi connectivity index (χ1v) is 7.26. The molecule has 0 atom stereocenters. The van der Waals surface area contributed by atoms with Crippen LogP contribution < -0.4 is 5.43 Å². The van der Waals surface area contributed by atoms with Gasteiger partial charge in [-0.25, -0.2) is 5.43 Å². The smallest absolute Gasteiger partial charge is 0.271 e. The van der Waals surface area contributed by atoms with Crippen molar-refractivity contribution in [2.75, 3.05) is 0 Å². The number of hydrazone groups is 1. The van der Waals surface area contributed by atoms with Crippen LogP contribution in [0.15, 0.2) is 65.8 Å². The molecule has 0 unspecified atom stereocenters. The molecule has 0 heterocycles. The fourth-order valence-corrected chi connectivity index (χ4v) is 2.43. The zero-order chi connectivity index (χ0) is 16.2. The third kappa shape index (κ3) is 3.21. The van der Waals surface area contributed by atoms with E-state index in [1.165, 1.54) is 6.21 Å². The van der Waals surface area contributed by atoms with Crippen molar-refractivity contribution >= 4 is 22.9 Å². The fraction of sp³-hybridized carbons (Fsp3) is 0.0526. The number of benzene rings is 3. The lowest BCUT2D eigenvalue weighted by Gasteiger charge is -2.05. The Balaban J connectivity index is 1.84. The van der Waals surface area contributed by atoms with Crippen LogP contribution in [0.4, 0.5) is 0 Å². The molecule has 3 aromatic carbocycles. The molecule has 23 heavy (non-hydrogen) atoms. The minimum Gasteiger partial charge on any atom is -0.507 e. The van der Waals surface area contributed by atoms with Crippen molar-refractivity contribution in [1.29, 1.82) is 0 Å². The lowest BCUT2D eigenvalue weighted by atomic mass is 10.0. The van der Waals surface area contributed by atoms with Crippen molar-refractivity contribution in [3.63, 3.8) is 0 Å². The van der Waals surface area contributed by atoms with E-state index in [4.69, 9.17) is 0 Å². The Labute approximate surface area is 134 Å². The Hall–Kier alpha value is -3.14. The molecule has 114 valence electrons. The second-order valence-corrected chi connectivity index (χ2v) is 5.29. The van der Waals surface area contributed by atoms with Gasteiger partial charge in [0.25, 0.3) is 5.91 Å². The van der Waals surface area contributed by atoms with Crippen LogP contribution in [0.3, 0.4) is 0 Å². The normalized spacial score (nSPS) is 11.0. The van der Waals surface area contributed by atoms with Crippen LogP contribution in [0.1, 0.15) is 21.5 Å². The van der Waals surface area contributed by atoms with Gasteiger partial charge in [-0.3, -0.25) is 4.79 Å². The summed E-state index contributed by atoms with van der Waals surface area (Å²) in [5.41, 5.74) is 4.62. The largest absolute Gasteiger partial charge is 0.507 e. The second-order valence-electron chi connectivity index (χ2n) is 5.29. The van der Waals surface area contributed by atoms with Gasteiger partial charge in [-0.05, 0) is 35.9 Å². The zero-order valence-electron chi connectivity index (χ0n) is 12.7. The highest BCUT2D eigenvalue weighted by Gasteiger charge is 2.06. The first-order valence-electron chi connectivity index (χ1n) is 7.26. The maximum atomic E-state index is 12.0. The molecule has 3 aromatic rings. The summed E-state index contributed by atoms with van der Waals surface area (Å²) in [6, 6.07) is 18.4. The molecule has 0 spiro atoms. The number of fused-ring (bicyclic) bond motifs is 1. The Bertz CT molecular complexity index is 901. The first kappa shape index (κ1) is 14.8. The quantitative estimate of drug-likeness (QED) is 0.573. The third-order valence-corrected chi connectivity index (χ3v) is 3.59. The number of rotatable bonds is 3. The molecule has 1 amide bonds. The average molecular weight is 304 g/mol. The molecule has 3 rings (SSSR count). The SMILES string of the molecule is Cc1cccc(C(=O)NN=Cc2c(O)ccc3ccccc23)c1. The monoisotopic (exact) mass is 304 g/mol. The number of nitrogens with one attached hydrogen (secondary N) is 1. The summed E-state index contributed by atoms with van der Waals surface area (Å²) in [5.74, 6) is -0.165. The van der Waals surface area contributed by atoms with E-state index in [-0.39, 0.29) is 11.7 Å². The van der Waals surface area contributed by atoms with E-state index in [1.54, 1.807) is 18.2 Å². The number of phenolic OH excluding ortho intramolecular Hbond substituents is 1. The van der Waals surface area contributed by atoms with Crippen molar-refractivity contribution in [2.24, 2.45) is 5.10 Å². The average Bonchev–Trinajstić information content (AvgIpc) is 2.56. The van der Waals surface area contributed by atoms with E-state index in [0.29, 0.717) is 11.1 Å². The summed E-state index contributed by atoms with van der Waals surface area (Å²) >= 11 is 0. The van der Waals surface area contributed by atoms with Crippen molar-refractivity contribution in [2.45, 2.75) is 6.92 Å².